The number of nitrogens with zero attached hydrogens (tertiary/aromatic N) is 17. The summed E-state index contributed by atoms with van der Waals surface area (Å²) in [7, 11) is 0. The number of ketones is 1. The van der Waals surface area contributed by atoms with E-state index in [2.05, 4.69) is 190 Å². The Bertz CT molecular complexity index is 5510. The molecule has 2 aliphatic rings. The van der Waals surface area contributed by atoms with E-state index >= 15 is 0 Å². The fourth-order valence-electron chi connectivity index (χ4n) is 10.8. The highest BCUT2D eigenvalue weighted by Gasteiger charge is 2.54. The molecule has 0 atom stereocenters. The molecular weight excluding hydrogens is 1790 g/mol. The normalized spacial score (nSPS) is 12.8. The second-order valence-corrected chi connectivity index (χ2v) is 45.2. The van der Waals surface area contributed by atoms with Gasteiger partial charge in [-0.1, -0.05) is 257 Å². The van der Waals surface area contributed by atoms with Crippen LogP contribution in [-0.4, -0.2) is 185 Å². The Morgan fingerprint density at radius 2 is 0.950 bits per heavy atom. The van der Waals surface area contributed by atoms with Gasteiger partial charge in [0.1, 0.15) is 41.3 Å². The van der Waals surface area contributed by atoms with Gasteiger partial charge in [-0.05, 0) is 114 Å². The predicted octanol–water partition coefficient (Wildman–Crippen LogP) is 20.1. The largest absolute Gasteiger partial charge is 0.480 e. The molecule has 0 aromatic carbocycles. The van der Waals surface area contributed by atoms with Crippen molar-refractivity contribution in [2.75, 3.05) is 0 Å². The molecule has 10 heterocycles. The number of oxazole rings is 1. The lowest BCUT2D eigenvalue weighted by Gasteiger charge is -2.18. The molecule has 0 radical (unpaired) electrons. The first-order valence-corrected chi connectivity index (χ1v) is 45.4. The number of pyridine rings is 2. The molecule has 0 amide bonds. The lowest BCUT2D eigenvalue weighted by atomic mass is 9.87. The van der Waals surface area contributed by atoms with E-state index in [4.69, 9.17) is 49.7 Å². The number of allylic oxidation sites excluding steroid dienone is 3. The first-order valence-electron chi connectivity index (χ1n) is 45.4. The van der Waals surface area contributed by atoms with Crippen LogP contribution in [0.15, 0.2) is 149 Å². The molecule has 37 heteroatoms. The van der Waals surface area contributed by atoms with Crippen LogP contribution >= 0.6 is 0 Å². The minimum Gasteiger partial charge on any atom is -0.480 e. The third-order valence-corrected chi connectivity index (χ3v) is 19.4. The number of rotatable bonds is 15. The van der Waals surface area contributed by atoms with Crippen molar-refractivity contribution in [3.63, 3.8) is 0 Å². The molecule has 10 aromatic heterocycles. The molecule has 9 N–H and O–H groups in total. The van der Waals surface area contributed by atoms with E-state index in [1.165, 1.54) is 47.2 Å². The van der Waals surface area contributed by atoms with Crippen LogP contribution in [-0.2, 0) is 77.1 Å². The highest BCUT2D eigenvalue weighted by Crippen LogP contribution is 2.47. The molecule has 12 rings (SSSR count). The van der Waals surface area contributed by atoms with Gasteiger partial charge in [-0.3, -0.25) is 19.6 Å². The summed E-state index contributed by atoms with van der Waals surface area (Å²) >= 11 is 0. The number of carboxylic acid groups (broad SMARTS) is 8. The number of carboxylic acids is 8. The van der Waals surface area contributed by atoms with E-state index in [-0.39, 0.29) is 101 Å². The zero-order valence-corrected chi connectivity index (χ0v) is 88.0. The van der Waals surface area contributed by atoms with Crippen LogP contribution in [0.3, 0.4) is 0 Å². The van der Waals surface area contributed by atoms with Crippen molar-refractivity contribution in [3.8, 4) is 0 Å². The molecule has 0 bridgehead atoms. The summed E-state index contributed by atoms with van der Waals surface area (Å²) in [5.74, 6) is -4.20. The summed E-state index contributed by atoms with van der Waals surface area (Å²) in [5, 5.41) is 98.3. The summed E-state index contributed by atoms with van der Waals surface area (Å²) in [4.78, 5) is 134. The molecule has 1 saturated carbocycles. The second kappa shape index (κ2) is 51.8. The van der Waals surface area contributed by atoms with E-state index in [1.54, 1.807) is 61.2 Å². The van der Waals surface area contributed by atoms with Crippen molar-refractivity contribution in [3.05, 3.63) is 237 Å². The highest BCUT2D eigenvalue weighted by molar-refractivity contribution is 5.89. The standard InChI is InChI=1S/C12H16N2O2.C11H16O2.2C10H13NO2.C10H14O3.2C9H12N2O2.C9H14N2.C8H13N3O.C8H11NO3.C7H14N4/c1-11(2,3)8-6-13-9(14-7-8)12(4-5-12)10(15)16;1-11(2,3)7-8-4-5-9(6-8)10(12)13;1-10(2,3)8-5-4-7(6-11-8)9(12)13;1-10(2,3)8-6-4-5-7(11-8)9(12)13;1-10(2,3)6-7-4-5-8(13-7)9(11)12;1-9(2,3)7-5-10-6(4-11-7)8(12)13;1-9(2,3)7-5-4-6(8(12)13)10-11-7;1-7-5-10-8(11-6-7)9(2,3)4;1-8(2,3)7(12)6-11-9-4-5-10-11;1-8(2,3)7-9-5(4-12-7)6(10)11;1-7(2,3)5-4-6-8-10-11-9-6/h6-7H,4-5H2,1-3H3,(H,15,16);4-5H,6-7H2,1-3H3,(H,12,13);2*4-6H,1-3H3,(H,12,13);4-5H,6H2,1-3H3,(H,11,12);2*4-5H,1-3H3,(H,12,13);5-6H,1-4H3;4-5H,6H2,1-3H3;4H,1-3H3,(H,10,11);4-5H2,1-3H3,(H,8,9,10,11). The second-order valence-electron chi connectivity index (χ2n) is 45.2. The molecule has 0 unspecified atom stereocenters. The monoisotopic (exact) mass is 1940 g/mol. The SMILES string of the molecule is CC(C)(C)C(=O)Cn1nccn1.CC(C)(C)CC1=CC=C(C(=O)O)C1.CC(C)(C)CCc1nn[nH]n1.CC(C)(C)Cc1ccc(C(=O)O)o1.CC(C)(C)c1ccc(C(=O)O)cn1.CC(C)(C)c1ccc(C(=O)O)nn1.CC(C)(C)c1cccc(C(=O)O)n1.CC(C)(C)c1cnc(C(=O)O)cn1.CC(C)(C)c1cnc(C2(C(=O)O)CC2)nc1.CC(C)(C)c1nc(C(=O)O)co1.Cc1cnc(C(C)(C)C)nc1. The van der Waals surface area contributed by atoms with E-state index in [1.807, 2.05) is 156 Å². The van der Waals surface area contributed by atoms with Crippen LogP contribution in [0.2, 0.25) is 0 Å². The zero-order chi connectivity index (χ0) is 108. The van der Waals surface area contributed by atoms with Gasteiger partial charge in [0, 0.05) is 111 Å². The summed E-state index contributed by atoms with van der Waals surface area (Å²) in [6, 6.07) is 14.8. The number of furan rings is 1. The van der Waals surface area contributed by atoms with Crippen molar-refractivity contribution >= 4 is 53.5 Å². The first kappa shape index (κ1) is 122. The van der Waals surface area contributed by atoms with Gasteiger partial charge in [0.05, 0.1) is 35.5 Å². The summed E-state index contributed by atoms with van der Waals surface area (Å²) < 4.78 is 10.1. The van der Waals surface area contributed by atoms with Gasteiger partial charge in [-0.15, -0.1) is 15.3 Å². The van der Waals surface area contributed by atoms with Crippen molar-refractivity contribution in [1.82, 2.24) is 90.7 Å². The number of hydrogen-bond donors (Lipinski definition) is 9. The van der Waals surface area contributed by atoms with Crippen LogP contribution in [0.4, 0.5) is 0 Å². The number of hydrogen-bond acceptors (Lipinski definition) is 27. The lowest BCUT2D eigenvalue weighted by Crippen LogP contribution is -2.25. The third kappa shape index (κ3) is 47.1. The number of carbonyl (C=O) groups excluding carboxylic acids is 1. The molecule has 10 aromatic rings. The van der Waals surface area contributed by atoms with Crippen LogP contribution in [0.25, 0.3) is 0 Å². The molecule has 764 valence electrons. The van der Waals surface area contributed by atoms with Gasteiger partial charge in [0.2, 0.25) is 5.76 Å². The smallest absolute Gasteiger partial charge is 0.371 e. The maximum atomic E-state index is 11.4. The lowest BCUT2D eigenvalue weighted by molar-refractivity contribution is -0.140. The number of aliphatic carboxylic acids is 2. The molecule has 2 aliphatic carbocycles. The number of aromatic carboxylic acids is 6. The number of H-pyrrole nitrogens is 1. The van der Waals surface area contributed by atoms with E-state index in [0.717, 1.165) is 83.3 Å². The van der Waals surface area contributed by atoms with Crippen LogP contribution in [0.1, 0.15) is 386 Å². The van der Waals surface area contributed by atoms with Crippen LogP contribution in [0, 0.1) is 28.6 Å². The topological polar surface area (TPSA) is 569 Å². The average molecular weight is 1940 g/mol. The fraction of sp³-hybridized carbons (Fsp3) is 0.524. The van der Waals surface area contributed by atoms with Gasteiger partial charge in [0.25, 0.3) is 0 Å². The summed E-state index contributed by atoms with van der Waals surface area (Å²) in [6.45, 7) is 69.6. The Morgan fingerprint density at radius 1 is 0.429 bits per heavy atom. The van der Waals surface area contributed by atoms with Crippen molar-refractivity contribution in [2.45, 2.75) is 330 Å². The average Bonchev–Trinajstić information content (AvgIpc) is 1.60. The molecular formula is C103H148N18O19. The Labute approximate surface area is 821 Å². The number of tetrazole rings is 1. The predicted molar refractivity (Wildman–Crippen MR) is 530 cm³/mol. The van der Waals surface area contributed by atoms with E-state index in [0.29, 0.717) is 42.0 Å². The van der Waals surface area contributed by atoms with Gasteiger partial charge in [-0.2, -0.15) is 25.3 Å². The van der Waals surface area contributed by atoms with Gasteiger partial charge >= 0.3 is 47.8 Å². The summed E-state index contributed by atoms with van der Waals surface area (Å²) in [5.41, 5.74) is 6.50. The number of nitrogens with one attached hydrogen (secondary N) is 1. The van der Waals surface area contributed by atoms with Crippen molar-refractivity contribution in [2.24, 2.45) is 21.7 Å². The number of aromatic nitrogens is 18. The molecule has 0 saturated heterocycles. The van der Waals surface area contributed by atoms with Gasteiger partial charge in [0.15, 0.2) is 34.6 Å². The molecule has 1 fully saturated rings. The Morgan fingerprint density at radius 3 is 1.31 bits per heavy atom. The molecule has 0 aliphatic heterocycles. The number of Topliss-reactive ketones (excluding diaryl/α,β-unsaturated/α-hetero) is 1. The minimum absolute atomic E-state index is 0.00152. The molecule has 37 nitrogen and oxygen atoms in total. The number of carbonyl (C=O) groups is 9. The number of aromatic amines is 1. The van der Waals surface area contributed by atoms with Gasteiger partial charge < -0.3 is 49.7 Å². The van der Waals surface area contributed by atoms with E-state index < -0.39 is 53.2 Å². The Hall–Kier alpha value is -13.8. The Balaban J connectivity index is 0.000000521. The van der Waals surface area contributed by atoms with Gasteiger partial charge in [-0.25, -0.2) is 68.4 Å². The van der Waals surface area contributed by atoms with Crippen molar-refractivity contribution in [1.29, 1.82) is 0 Å². The highest BCUT2D eigenvalue weighted by atomic mass is 16.4. The van der Waals surface area contributed by atoms with Crippen LogP contribution in [0.5, 0.6) is 0 Å². The molecule has 0 spiro atoms. The summed E-state index contributed by atoms with van der Waals surface area (Å²) in [6.07, 6.45) is 24.9. The maximum Gasteiger partial charge on any atom is 0.371 e. The first-order chi connectivity index (χ1) is 63.8. The Kier molecular flexibility index (Phi) is 45.2. The third-order valence-electron chi connectivity index (χ3n) is 19.4. The van der Waals surface area contributed by atoms with Crippen LogP contribution < -0.4 is 0 Å². The van der Waals surface area contributed by atoms with E-state index in [9.17, 15) is 43.2 Å². The van der Waals surface area contributed by atoms with Crippen molar-refractivity contribution < 1.29 is 92.8 Å². The minimum atomic E-state index is -1.06. The fourth-order valence-corrected chi connectivity index (χ4v) is 10.8. The quantitative estimate of drug-likeness (QED) is 0.0460. The molecule has 140 heavy (non-hydrogen) atoms. The zero-order valence-electron chi connectivity index (χ0n) is 88.0. The number of aryl methyl sites for hydroxylation is 2. The maximum absolute atomic E-state index is 11.4.